The first-order valence-electron chi connectivity index (χ1n) is 4.15. The zero-order valence-electron chi connectivity index (χ0n) is 7.44. The van der Waals surface area contributed by atoms with Gasteiger partial charge in [-0.25, -0.2) is 4.98 Å². The molecule has 4 N–H and O–H groups in total. The highest BCUT2D eigenvalue weighted by atomic mass is 15.1. The monoisotopic (exact) mass is 190 g/mol. The molecule has 0 aromatic carbocycles. The molecule has 0 atom stereocenters. The third-order valence-electron chi connectivity index (χ3n) is 1.69. The Hall–Kier alpha value is -2.11. The summed E-state index contributed by atoms with van der Waals surface area (Å²) >= 11 is 0. The van der Waals surface area contributed by atoms with Crippen molar-refractivity contribution < 1.29 is 0 Å². The summed E-state index contributed by atoms with van der Waals surface area (Å²) < 4.78 is 0. The zero-order valence-corrected chi connectivity index (χ0v) is 7.44. The molecule has 14 heavy (non-hydrogen) atoms. The van der Waals surface area contributed by atoms with E-state index in [1.165, 1.54) is 0 Å². The quantitative estimate of drug-likeness (QED) is 0.651. The number of hydrogen-bond donors (Lipinski definition) is 3. The molecule has 0 bridgehead atoms. The van der Waals surface area contributed by atoms with Crippen molar-refractivity contribution in [2.75, 3.05) is 11.1 Å². The molecular weight excluding hydrogens is 180 g/mol. The van der Waals surface area contributed by atoms with Crippen molar-refractivity contribution in [3.8, 4) is 0 Å². The van der Waals surface area contributed by atoms with Crippen LogP contribution in [0.4, 0.5) is 11.8 Å². The van der Waals surface area contributed by atoms with E-state index < -0.39 is 0 Å². The Morgan fingerprint density at radius 1 is 1.36 bits per heavy atom. The number of nitrogen functional groups attached to an aromatic ring is 1. The van der Waals surface area contributed by atoms with E-state index in [-0.39, 0.29) is 5.95 Å². The number of nitrogens with zero attached hydrogens (tertiary/aromatic N) is 3. The number of nitrogens with one attached hydrogen (secondary N) is 2. The van der Waals surface area contributed by atoms with Crippen molar-refractivity contribution in [2.24, 2.45) is 0 Å². The molecule has 0 saturated carbocycles. The Morgan fingerprint density at radius 2 is 2.29 bits per heavy atom. The second kappa shape index (κ2) is 3.73. The summed E-state index contributed by atoms with van der Waals surface area (Å²) in [6, 6.07) is 3.64. The topological polar surface area (TPSA) is 92.5 Å². The summed E-state index contributed by atoms with van der Waals surface area (Å²) in [6.45, 7) is 0.635. The lowest BCUT2D eigenvalue weighted by Crippen LogP contribution is -2.03. The van der Waals surface area contributed by atoms with Crippen LogP contribution < -0.4 is 11.1 Å². The lowest BCUT2D eigenvalue weighted by Gasteiger charge is -2.02. The van der Waals surface area contributed by atoms with E-state index in [4.69, 9.17) is 5.73 Å². The van der Waals surface area contributed by atoms with Gasteiger partial charge in [-0.1, -0.05) is 0 Å². The Morgan fingerprint density at radius 3 is 3.00 bits per heavy atom. The van der Waals surface area contributed by atoms with Gasteiger partial charge in [-0.15, -0.1) is 0 Å². The molecule has 0 aliphatic carbocycles. The molecule has 72 valence electrons. The van der Waals surface area contributed by atoms with E-state index in [0.29, 0.717) is 12.4 Å². The molecule has 2 aromatic rings. The fourth-order valence-corrected chi connectivity index (χ4v) is 1.04. The molecule has 0 saturated heterocycles. The van der Waals surface area contributed by atoms with E-state index in [1.54, 1.807) is 18.5 Å². The lowest BCUT2D eigenvalue weighted by molar-refractivity contribution is 0.972. The van der Waals surface area contributed by atoms with Crippen molar-refractivity contribution in [2.45, 2.75) is 6.54 Å². The van der Waals surface area contributed by atoms with E-state index >= 15 is 0 Å². The van der Waals surface area contributed by atoms with Crippen molar-refractivity contribution in [3.63, 3.8) is 0 Å². The van der Waals surface area contributed by atoms with Crippen LogP contribution in [0, 0.1) is 0 Å². The summed E-state index contributed by atoms with van der Waals surface area (Å²) in [5.41, 5.74) is 6.41. The molecule has 6 heteroatoms. The maximum atomic E-state index is 5.43. The normalized spacial score (nSPS) is 10.0. The minimum Gasteiger partial charge on any atom is -0.368 e. The molecule has 0 radical (unpaired) electrons. The number of aromatic amines is 1. The Balaban J connectivity index is 1.98. The predicted molar refractivity (Wildman–Crippen MR) is 52.4 cm³/mol. The van der Waals surface area contributed by atoms with Gasteiger partial charge in [0, 0.05) is 12.4 Å². The summed E-state index contributed by atoms with van der Waals surface area (Å²) in [5.74, 6) is 0.965. The third kappa shape index (κ3) is 1.98. The summed E-state index contributed by atoms with van der Waals surface area (Å²) in [6.07, 6.45) is 3.31. The molecule has 0 aliphatic rings. The van der Waals surface area contributed by atoms with Crippen LogP contribution in [-0.4, -0.2) is 20.2 Å². The Bertz CT molecular complexity index is 396. The third-order valence-corrected chi connectivity index (χ3v) is 1.69. The maximum Gasteiger partial charge on any atom is 0.221 e. The van der Waals surface area contributed by atoms with Crippen molar-refractivity contribution in [1.82, 2.24) is 20.2 Å². The summed E-state index contributed by atoms with van der Waals surface area (Å²) in [7, 11) is 0. The van der Waals surface area contributed by atoms with Crippen LogP contribution in [0.25, 0.3) is 0 Å². The second-order valence-electron chi connectivity index (χ2n) is 2.74. The van der Waals surface area contributed by atoms with Crippen molar-refractivity contribution in [1.29, 1.82) is 0 Å². The maximum absolute atomic E-state index is 5.43. The minimum atomic E-state index is 0.264. The molecule has 0 spiro atoms. The molecular formula is C8H10N6. The van der Waals surface area contributed by atoms with Crippen molar-refractivity contribution in [3.05, 3.63) is 30.2 Å². The number of aromatic nitrogens is 4. The standard InChI is InChI=1S/C8H10N6/c9-8-10-3-2-7(13-8)11-5-6-1-4-12-14-6/h1-4H,5H2,(H,12,14)(H3,9,10,11,13). The van der Waals surface area contributed by atoms with Gasteiger partial charge in [-0.3, -0.25) is 5.10 Å². The SMILES string of the molecule is Nc1nccc(NCc2ccn[nH]2)n1. The first-order valence-corrected chi connectivity index (χ1v) is 4.15. The van der Waals surface area contributed by atoms with Gasteiger partial charge in [0.15, 0.2) is 0 Å². The van der Waals surface area contributed by atoms with Gasteiger partial charge in [0.05, 0.1) is 12.2 Å². The van der Waals surface area contributed by atoms with Gasteiger partial charge in [-0.05, 0) is 12.1 Å². The first kappa shape index (κ1) is 8.49. The highest BCUT2D eigenvalue weighted by Crippen LogP contribution is 2.04. The van der Waals surface area contributed by atoms with Crippen LogP contribution in [0.3, 0.4) is 0 Å². The molecule has 0 amide bonds. The van der Waals surface area contributed by atoms with Gasteiger partial charge in [0.25, 0.3) is 0 Å². The van der Waals surface area contributed by atoms with Gasteiger partial charge < -0.3 is 11.1 Å². The van der Waals surface area contributed by atoms with E-state index in [2.05, 4.69) is 25.5 Å². The molecule has 0 fully saturated rings. The minimum absolute atomic E-state index is 0.264. The van der Waals surface area contributed by atoms with Gasteiger partial charge >= 0.3 is 0 Å². The van der Waals surface area contributed by atoms with E-state index in [1.807, 2.05) is 6.07 Å². The van der Waals surface area contributed by atoms with Crippen molar-refractivity contribution >= 4 is 11.8 Å². The smallest absolute Gasteiger partial charge is 0.221 e. The predicted octanol–water partition coefficient (Wildman–Crippen LogP) is 0.394. The first-order chi connectivity index (χ1) is 6.84. The van der Waals surface area contributed by atoms with Crippen LogP contribution in [0.5, 0.6) is 0 Å². The second-order valence-corrected chi connectivity index (χ2v) is 2.74. The summed E-state index contributed by atoms with van der Waals surface area (Å²) in [4.78, 5) is 7.79. The van der Waals surface area contributed by atoms with Gasteiger partial charge in [0.1, 0.15) is 5.82 Å². The van der Waals surface area contributed by atoms with Crippen LogP contribution in [0.1, 0.15) is 5.69 Å². The number of nitrogens with two attached hydrogens (primary N) is 1. The highest BCUT2D eigenvalue weighted by molar-refractivity contribution is 5.37. The van der Waals surface area contributed by atoms with Crippen LogP contribution in [0.15, 0.2) is 24.5 Å². The average Bonchev–Trinajstić information content (AvgIpc) is 2.67. The average molecular weight is 190 g/mol. The molecule has 0 aliphatic heterocycles. The molecule has 6 nitrogen and oxygen atoms in total. The Kier molecular flexibility index (Phi) is 2.26. The number of anilines is 2. The number of hydrogen-bond acceptors (Lipinski definition) is 5. The fourth-order valence-electron chi connectivity index (χ4n) is 1.04. The van der Waals surface area contributed by atoms with Crippen LogP contribution in [-0.2, 0) is 6.54 Å². The van der Waals surface area contributed by atoms with Crippen LogP contribution in [0.2, 0.25) is 0 Å². The molecule has 2 heterocycles. The van der Waals surface area contributed by atoms with Crippen LogP contribution >= 0.6 is 0 Å². The van der Waals surface area contributed by atoms with E-state index in [9.17, 15) is 0 Å². The largest absolute Gasteiger partial charge is 0.368 e. The fraction of sp³-hybridized carbons (Fsp3) is 0.125. The number of rotatable bonds is 3. The lowest BCUT2D eigenvalue weighted by atomic mass is 10.4. The van der Waals surface area contributed by atoms with Gasteiger partial charge in [0.2, 0.25) is 5.95 Å². The molecule has 2 aromatic heterocycles. The van der Waals surface area contributed by atoms with Gasteiger partial charge in [-0.2, -0.15) is 10.1 Å². The molecule has 0 unspecified atom stereocenters. The zero-order chi connectivity index (χ0) is 9.80. The summed E-state index contributed by atoms with van der Waals surface area (Å²) in [5, 5.41) is 9.75. The van der Waals surface area contributed by atoms with E-state index in [0.717, 1.165) is 5.69 Å². The molecule has 2 rings (SSSR count). The Labute approximate surface area is 80.6 Å². The number of H-pyrrole nitrogens is 1. The highest BCUT2D eigenvalue weighted by Gasteiger charge is 1.96.